The van der Waals surface area contributed by atoms with E-state index >= 15 is 0 Å². The van der Waals surface area contributed by atoms with Crippen LogP contribution in [0.4, 0.5) is 16.2 Å². The summed E-state index contributed by atoms with van der Waals surface area (Å²) in [5.74, 6) is 1.26. The van der Waals surface area contributed by atoms with E-state index in [2.05, 4.69) is 9.88 Å². The van der Waals surface area contributed by atoms with Gasteiger partial charge in [-0.3, -0.25) is 16.1 Å². The monoisotopic (exact) mass is 523 g/mol. The summed E-state index contributed by atoms with van der Waals surface area (Å²) in [5.41, 5.74) is 11.0. The number of nitrogen functional groups attached to an aromatic ring is 1. The fraction of sp³-hybridized carbons (Fsp3) is 0.370. The molecule has 1 fully saturated rings. The highest BCUT2D eigenvalue weighted by Gasteiger charge is 2.27. The number of nitrogens with two attached hydrogens (primary N) is 1. The van der Waals surface area contributed by atoms with E-state index in [0.29, 0.717) is 24.1 Å². The first-order valence-electron chi connectivity index (χ1n) is 12.3. The van der Waals surface area contributed by atoms with E-state index in [-0.39, 0.29) is 17.2 Å². The summed E-state index contributed by atoms with van der Waals surface area (Å²) in [6, 6.07) is 13.9. The Morgan fingerprint density at radius 2 is 1.92 bits per heavy atom. The van der Waals surface area contributed by atoms with Gasteiger partial charge in [0.15, 0.2) is 5.90 Å². The molecule has 1 saturated carbocycles. The minimum atomic E-state index is -0.481. The van der Waals surface area contributed by atoms with Crippen LogP contribution in [0.2, 0.25) is 0 Å². The Bertz CT molecular complexity index is 1300. The average molecular weight is 524 g/mol. The third-order valence-electron chi connectivity index (χ3n) is 6.03. The van der Waals surface area contributed by atoms with Crippen LogP contribution < -0.4 is 15.8 Å². The molecule has 5 N–H and O–H groups in total. The predicted octanol–water partition coefficient (Wildman–Crippen LogP) is 6.63. The summed E-state index contributed by atoms with van der Waals surface area (Å²) in [6.07, 6.45) is 2.69. The molecule has 1 aromatic heterocycles. The van der Waals surface area contributed by atoms with Crippen LogP contribution in [0.1, 0.15) is 46.1 Å². The first kappa shape index (κ1) is 26.4. The Hall–Kier alpha value is -3.66. The molecule has 0 saturated heterocycles. The first-order chi connectivity index (χ1) is 17.7. The lowest BCUT2D eigenvalue weighted by Gasteiger charge is -2.30. The summed E-state index contributed by atoms with van der Waals surface area (Å²) in [6.45, 7) is 5.51. The Kier molecular flexibility index (Phi) is 8.27. The molecule has 196 valence electrons. The Morgan fingerprint density at radius 3 is 2.54 bits per heavy atom. The predicted molar refractivity (Wildman–Crippen MR) is 150 cm³/mol. The van der Waals surface area contributed by atoms with Crippen LogP contribution in [0.15, 0.2) is 42.5 Å². The van der Waals surface area contributed by atoms with Gasteiger partial charge < -0.3 is 24.5 Å². The summed E-state index contributed by atoms with van der Waals surface area (Å²) in [7, 11) is 0. The number of nitrogens with zero attached hydrogens (tertiary/aromatic N) is 1. The lowest BCUT2D eigenvalue weighted by atomic mass is 9.92. The van der Waals surface area contributed by atoms with E-state index in [0.717, 1.165) is 46.4 Å². The zero-order chi connectivity index (χ0) is 26.5. The average Bonchev–Trinajstić information content (AvgIpc) is 3.07. The van der Waals surface area contributed by atoms with E-state index < -0.39 is 6.09 Å². The molecule has 1 aliphatic carbocycles. The van der Waals surface area contributed by atoms with Gasteiger partial charge in [0.05, 0.1) is 29.6 Å². The van der Waals surface area contributed by atoms with Crippen molar-refractivity contribution in [3.8, 4) is 17.0 Å². The maximum absolute atomic E-state index is 11.9. The van der Waals surface area contributed by atoms with Crippen LogP contribution in [0, 0.1) is 10.8 Å². The minimum Gasteiger partial charge on any atom is -0.493 e. The van der Waals surface area contributed by atoms with Crippen LogP contribution in [-0.2, 0) is 9.47 Å². The molecule has 2 aromatic carbocycles. The lowest BCUT2D eigenvalue weighted by Crippen LogP contribution is -2.18. The number of anilines is 2. The van der Waals surface area contributed by atoms with Gasteiger partial charge in [-0.1, -0.05) is 23.9 Å². The van der Waals surface area contributed by atoms with Gasteiger partial charge >= 0.3 is 6.09 Å². The second-order valence-electron chi connectivity index (χ2n) is 9.20. The fourth-order valence-electron chi connectivity index (χ4n) is 4.26. The molecule has 0 aliphatic heterocycles. The molecular formula is C27H33N5O4S. The summed E-state index contributed by atoms with van der Waals surface area (Å²) < 4.78 is 18.4. The molecule has 0 radical (unpaired) electrons. The van der Waals surface area contributed by atoms with Crippen molar-refractivity contribution >= 4 is 51.3 Å². The number of benzene rings is 2. The third kappa shape index (κ3) is 6.37. The van der Waals surface area contributed by atoms with Crippen molar-refractivity contribution in [3.05, 3.63) is 42.5 Å². The molecule has 9 nitrogen and oxygen atoms in total. The second-order valence-corrected chi connectivity index (χ2v) is 10.3. The van der Waals surface area contributed by atoms with Crippen molar-refractivity contribution in [2.24, 2.45) is 0 Å². The van der Waals surface area contributed by atoms with Crippen LogP contribution in [0.3, 0.4) is 0 Å². The molecule has 0 spiro atoms. The van der Waals surface area contributed by atoms with Gasteiger partial charge in [0.25, 0.3) is 0 Å². The quantitative estimate of drug-likeness (QED) is 0.149. The molecule has 3 aromatic rings. The number of nitrogens with one attached hydrogen (secondary N) is 3. The number of hydrogen-bond donors (Lipinski definition) is 4. The largest absolute Gasteiger partial charge is 0.493 e. The number of hydrogen-bond acceptors (Lipinski definition) is 8. The number of thioether (sulfide) groups is 1. The molecule has 0 bridgehead atoms. The topological polar surface area (TPSA) is 135 Å². The molecule has 1 amide bonds. The number of fused-ring (bicyclic) bond motifs is 1. The Morgan fingerprint density at radius 1 is 1.19 bits per heavy atom. The number of amides is 1. The van der Waals surface area contributed by atoms with Crippen molar-refractivity contribution in [2.45, 2.75) is 52.2 Å². The van der Waals surface area contributed by atoms with Crippen LogP contribution in [0.25, 0.3) is 22.2 Å². The van der Waals surface area contributed by atoms with Gasteiger partial charge in [-0.25, -0.2) is 4.79 Å². The van der Waals surface area contributed by atoms with Gasteiger partial charge in [0.1, 0.15) is 5.75 Å². The molecule has 4 rings (SSSR count). The smallest absolute Gasteiger partial charge is 0.411 e. The maximum Gasteiger partial charge on any atom is 0.411 e. The zero-order valence-electron chi connectivity index (χ0n) is 21.3. The van der Waals surface area contributed by atoms with Gasteiger partial charge in [-0.2, -0.15) is 0 Å². The number of carbonyl (C=O) groups is 1. The minimum absolute atomic E-state index is 0.00597. The van der Waals surface area contributed by atoms with Crippen LogP contribution in [-0.4, -0.2) is 40.3 Å². The van der Waals surface area contributed by atoms with Crippen molar-refractivity contribution in [1.29, 1.82) is 10.8 Å². The van der Waals surface area contributed by atoms with Crippen LogP contribution in [0.5, 0.6) is 5.75 Å². The number of aromatic nitrogens is 1. The molecule has 10 heteroatoms. The van der Waals surface area contributed by atoms with Crippen molar-refractivity contribution < 1.29 is 19.0 Å². The lowest BCUT2D eigenvalue weighted by molar-refractivity contribution is 0.130. The van der Waals surface area contributed by atoms with E-state index in [9.17, 15) is 4.79 Å². The third-order valence-corrected chi connectivity index (χ3v) is 6.75. The molecule has 1 aliphatic rings. The van der Waals surface area contributed by atoms with Crippen LogP contribution >= 0.6 is 11.8 Å². The molecule has 0 atom stereocenters. The van der Waals surface area contributed by atoms with E-state index in [4.69, 9.17) is 30.8 Å². The number of rotatable bonds is 8. The second kappa shape index (κ2) is 11.6. The standard InChI is InChI=1S/C27H33N5O4S/c1-16(2)35-27(33)31-19-9-7-18(8-10-19)25-24(29)22-12-11-21(15-23(22)32(25)20-5-4-6-20)34-13-14-37-26(30)36-17(3)28/h7-12,15-16,20,28,30H,4-6,13-14,29H2,1-3H3,(H,31,33). The Balaban J connectivity index is 1.55. The highest BCUT2D eigenvalue weighted by molar-refractivity contribution is 8.13. The van der Waals surface area contributed by atoms with E-state index in [1.807, 2.05) is 56.3 Å². The van der Waals surface area contributed by atoms with Crippen molar-refractivity contribution in [1.82, 2.24) is 4.57 Å². The molecule has 1 heterocycles. The number of ether oxygens (including phenoxy) is 3. The zero-order valence-corrected chi connectivity index (χ0v) is 22.1. The maximum atomic E-state index is 11.9. The fourth-order valence-corrected chi connectivity index (χ4v) is 4.80. The van der Waals surface area contributed by atoms with E-state index in [1.54, 1.807) is 0 Å². The molecular weight excluding hydrogens is 490 g/mol. The highest BCUT2D eigenvalue weighted by Crippen LogP contribution is 2.45. The van der Waals surface area contributed by atoms with Crippen molar-refractivity contribution in [3.63, 3.8) is 0 Å². The summed E-state index contributed by atoms with van der Waals surface area (Å²) in [5, 5.41) is 18.7. The first-order valence-corrected chi connectivity index (χ1v) is 13.3. The normalized spacial score (nSPS) is 13.3. The van der Waals surface area contributed by atoms with Gasteiger partial charge in [0.2, 0.25) is 5.23 Å². The van der Waals surface area contributed by atoms with Gasteiger partial charge in [0, 0.05) is 41.4 Å². The van der Waals surface area contributed by atoms with Crippen molar-refractivity contribution in [2.75, 3.05) is 23.4 Å². The molecule has 37 heavy (non-hydrogen) atoms. The van der Waals surface area contributed by atoms with Gasteiger partial charge in [-0.05, 0) is 57.4 Å². The highest BCUT2D eigenvalue weighted by atomic mass is 32.2. The molecule has 0 unspecified atom stereocenters. The SMILES string of the molecule is CC(=N)OC(=N)SCCOc1ccc2c(N)c(-c3ccc(NC(=O)OC(C)C)cc3)n(C3CCC3)c2c1. The summed E-state index contributed by atoms with van der Waals surface area (Å²) in [4.78, 5) is 11.9. The number of carbonyl (C=O) groups excluding carboxylic acids is 1. The Labute approximate surface area is 220 Å². The van der Waals surface area contributed by atoms with Gasteiger partial charge in [-0.15, -0.1) is 0 Å². The van der Waals surface area contributed by atoms with E-state index in [1.165, 1.54) is 25.1 Å². The summed E-state index contributed by atoms with van der Waals surface area (Å²) >= 11 is 1.20.